The van der Waals surface area contributed by atoms with Crippen LogP contribution in [0.25, 0.3) is 5.69 Å². The van der Waals surface area contributed by atoms with E-state index >= 15 is 0 Å². The summed E-state index contributed by atoms with van der Waals surface area (Å²) >= 11 is 3.45. The molecule has 22 heavy (non-hydrogen) atoms. The molecule has 1 aromatic carbocycles. The number of amides is 1. The lowest BCUT2D eigenvalue weighted by Crippen LogP contribution is -2.33. The predicted octanol–water partition coefficient (Wildman–Crippen LogP) is 3.60. The molecule has 0 aliphatic heterocycles. The van der Waals surface area contributed by atoms with Gasteiger partial charge in [0, 0.05) is 17.6 Å². The zero-order chi connectivity index (χ0) is 16.1. The molecule has 0 saturated carbocycles. The molecule has 118 valence electrons. The van der Waals surface area contributed by atoms with Crippen molar-refractivity contribution in [3.05, 3.63) is 40.1 Å². The Labute approximate surface area is 139 Å². The van der Waals surface area contributed by atoms with Crippen LogP contribution in [-0.4, -0.2) is 38.9 Å². The number of hydrogen-bond acceptors (Lipinski definition) is 3. The first-order valence-electron chi connectivity index (χ1n) is 7.56. The Morgan fingerprint density at radius 3 is 2.55 bits per heavy atom. The highest BCUT2D eigenvalue weighted by Crippen LogP contribution is 2.18. The average molecular weight is 365 g/mol. The molecule has 1 heterocycles. The monoisotopic (exact) mass is 364 g/mol. The van der Waals surface area contributed by atoms with Crippen LogP contribution in [0.5, 0.6) is 0 Å². The first-order valence-corrected chi connectivity index (χ1v) is 8.35. The number of halogens is 1. The number of hydrogen-bond donors (Lipinski definition) is 0. The summed E-state index contributed by atoms with van der Waals surface area (Å²) in [5.74, 6) is -0.0394. The summed E-state index contributed by atoms with van der Waals surface area (Å²) in [4.78, 5) is 14.5. The van der Waals surface area contributed by atoms with E-state index < -0.39 is 0 Å². The summed E-state index contributed by atoms with van der Waals surface area (Å²) in [6.07, 6.45) is 1.87. The van der Waals surface area contributed by atoms with E-state index in [-0.39, 0.29) is 5.91 Å². The molecule has 0 aliphatic carbocycles. The van der Waals surface area contributed by atoms with Crippen molar-refractivity contribution in [1.29, 1.82) is 0 Å². The van der Waals surface area contributed by atoms with Gasteiger partial charge in [-0.3, -0.25) is 4.79 Å². The first kappa shape index (κ1) is 16.7. The summed E-state index contributed by atoms with van der Waals surface area (Å²) in [5, 5.41) is 8.26. The van der Waals surface area contributed by atoms with E-state index in [2.05, 4.69) is 40.1 Å². The molecular weight excluding hydrogens is 344 g/mol. The van der Waals surface area contributed by atoms with Crippen LogP contribution < -0.4 is 0 Å². The zero-order valence-corrected chi connectivity index (χ0v) is 14.8. The first-order chi connectivity index (χ1) is 10.6. The van der Waals surface area contributed by atoms with E-state index in [0.29, 0.717) is 5.69 Å². The molecule has 0 atom stereocenters. The Hall–Kier alpha value is -1.69. The Morgan fingerprint density at radius 2 is 1.95 bits per heavy atom. The zero-order valence-electron chi connectivity index (χ0n) is 13.2. The average Bonchev–Trinajstić information content (AvgIpc) is 2.88. The number of carbonyl (C=O) groups is 1. The molecule has 0 saturated heterocycles. The third-order valence-corrected chi connectivity index (χ3v) is 3.92. The number of benzene rings is 1. The fourth-order valence-corrected chi connectivity index (χ4v) is 2.77. The lowest BCUT2D eigenvalue weighted by molar-refractivity contribution is 0.0749. The Bertz CT molecular complexity index is 647. The van der Waals surface area contributed by atoms with Crippen LogP contribution in [0.2, 0.25) is 0 Å². The van der Waals surface area contributed by atoms with Crippen LogP contribution >= 0.6 is 15.9 Å². The lowest BCUT2D eigenvalue weighted by atomic mass is 10.2. The van der Waals surface area contributed by atoms with Crippen molar-refractivity contribution in [1.82, 2.24) is 19.9 Å². The topological polar surface area (TPSA) is 51.0 Å². The SMILES string of the molecule is CCCN(CCC)C(=O)c1nnn(-c2cccc(Br)c2)c1C. The third-order valence-electron chi connectivity index (χ3n) is 3.42. The van der Waals surface area contributed by atoms with Gasteiger partial charge in [0.05, 0.1) is 11.4 Å². The Balaban J connectivity index is 2.32. The normalized spacial score (nSPS) is 10.7. The summed E-state index contributed by atoms with van der Waals surface area (Å²) in [6.45, 7) is 7.51. The van der Waals surface area contributed by atoms with Gasteiger partial charge in [-0.05, 0) is 38.0 Å². The second-order valence-corrected chi connectivity index (χ2v) is 6.12. The number of nitrogens with zero attached hydrogens (tertiary/aromatic N) is 4. The summed E-state index contributed by atoms with van der Waals surface area (Å²) in [6, 6.07) is 7.77. The second kappa shape index (κ2) is 7.54. The van der Waals surface area contributed by atoms with Crippen LogP contribution in [0.3, 0.4) is 0 Å². The highest BCUT2D eigenvalue weighted by molar-refractivity contribution is 9.10. The summed E-state index contributed by atoms with van der Waals surface area (Å²) in [7, 11) is 0. The van der Waals surface area contributed by atoms with Crippen molar-refractivity contribution >= 4 is 21.8 Å². The Kier molecular flexibility index (Phi) is 5.71. The maximum atomic E-state index is 12.7. The molecule has 0 bridgehead atoms. The predicted molar refractivity (Wildman–Crippen MR) is 90.3 cm³/mol. The fraction of sp³-hybridized carbons (Fsp3) is 0.438. The summed E-state index contributed by atoms with van der Waals surface area (Å²) < 4.78 is 2.67. The van der Waals surface area contributed by atoms with Crippen molar-refractivity contribution in [3.63, 3.8) is 0 Å². The molecule has 1 amide bonds. The molecule has 6 heteroatoms. The Morgan fingerprint density at radius 1 is 1.27 bits per heavy atom. The van der Waals surface area contributed by atoms with E-state index in [4.69, 9.17) is 0 Å². The second-order valence-electron chi connectivity index (χ2n) is 5.21. The van der Waals surface area contributed by atoms with Crippen molar-refractivity contribution < 1.29 is 4.79 Å². The van der Waals surface area contributed by atoms with Crippen molar-refractivity contribution in [3.8, 4) is 5.69 Å². The lowest BCUT2D eigenvalue weighted by Gasteiger charge is -2.20. The minimum absolute atomic E-state index is 0.0394. The number of carbonyl (C=O) groups excluding carboxylic acids is 1. The van der Waals surface area contributed by atoms with Crippen molar-refractivity contribution in [2.24, 2.45) is 0 Å². The molecule has 2 rings (SSSR count). The van der Waals surface area contributed by atoms with Crippen molar-refractivity contribution in [2.75, 3.05) is 13.1 Å². The molecule has 0 fully saturated rings. The third kappa shape index (κ3) is 3.55. The smallest absolute Gasteiger partial charge is 0.276 e. The van der Waals surface area contributed by atoms with E-state index in [9.17, 15) is 4.79 Å². The molecule has 1 aromatic heterocycles. The standard InChI is InChI=1S/C16H21BrN4O/c1-4-9-20(10-5-2)16(22)15-12(3)21(19-18-15)14-8-6-7-13(17)11-14/h6-8,11H,4-5,9-10H2,1-3H3. The van der Waals surface area contributed by atoms with E-state index in [1.165, 1.54) is 0 Å². The molecule has 2 aromatic rings. The number of rotatable bonds is 6. The molecule has 0 spiro atoms. The van der Waals surface area contributed by atoms with Gasteiger partial charge >= 0.3 is 0 Å². The van der Waals surface area contributed by atoms with Crippen LogP contribution in [0, 0.1) is 6.92 Å². The maximum Gasteiger partial charge on any atom is 0.276 e. The molecule has 0 radical (unpaired) electrons. The fourth-order valence-electron chi connectivity index (χ4n) is 2.38. The van der Waals surface area contributed by atoms with Gasteiger partial charge in [0.25, 0.3) is 5.91 Å². The van der Waals surface area contributed by atoms with Gasteiger partial charge in [-0.25, -0.2) is 4.68 Å². The van der Waals surface area contributed by atoms with E-state index in [0.717, 1.165) is 41.8 Å². The van der Waals surface area contributed by atoms with Crippen LogP contribution in [-0.2, 0) is 0 Å². The van der Waals surface area contributed by atoms with Crippen LogP contribution in [0.15, 0.2) is 28.7 Å². The van der Waals surface area contributed by atoms with Gasteiger partial charge in [0.2, 0.25) is 0 Å². The van der Waals surface area contributed by atoms with Gasteiger partial charge in [0.1, 0.15) is 0 Å². The van der Waals surface area contributed by atoms with Gasteiger partial charge in [-0.2, -0.15) is 0 Å². The highest BCUT2D eigenvalue weighted by Gasteiger charge is 2.22. The van der Waals surface area contributed by atoms with Crippen LogP contribution in [0.4, 0.5) is 0 Å². The minimum Gasteiger partial charge on any atom is -0.337 e. The van der Waals surface area contributed by atoms with Gasteiger partial charge in [-0.1, -0.05) is 41.1 Å². The molecule has 0 N–H and O–H groups in total. The summed E-state index contributed by atoms with van der Waals surface area (Å²) in [5.41, 5.74) is 2.08. The van der Waals surface area contributed by atoms with Crippen LogP contribution in [0.1, 0.15) is 42.9 Å². The van der Waals surface area contributed by atoms with Gasteiger partial charge in [-0.15, -0.1) is 5.10 Å². The molecule has 0 aliphatic rings. The number of aromatic nitrogens is 3. The molecule has 5 nitrogen and oxygen atoms in total. The quantitative estimate of drug-likeness (QED) is 0.786. The van der Waals surface area contributed by atoms with E-state index in [1.807, 2.05) is 36.1 Å². The van der Waals surface area contributed by atoms with Crippen molar-refractivity contribution in [2.45, 2.75) is 33.6 Å². The molecular formula is C16H21BrN4O. The minimum atomic E-state index is -0.0394. The van der Waals surface area contributed by atoms with Gasteiger partial charge < -0.3 is 4.90 Å². The van der Waals surface area contributed by atoms with E-state index in [1.54, 1.807) is 4.68 Å². The largest absolute Gasteiger partial charge is 0.337 e. The highest BCUT2D eigenvalue weighted by atomic mass is 79.9. The molecule has 0 unspecified atom stereocenters. The maximum absolute atomic E-state index is 12.7. The van der Waals surface area contributed by atoms with Gasteiger partial charge in [0.15, 0.2) is 5.69 Å².